The van der Waals surface area contributed by atoms with Crippen molar-refractivity contribution in [3.8, 4) is 0 Å². The van der Waals surface area contributed by atoms with Crippen molar-refractivity contribution in [1.82, 2.24) is 5.32 Å². The molecule has 0 radical (unpaired) electrons. The van der Waals surface area contributed by atoms with Gasteiger partial charge in [-0.15, -0.1) is 11.8 Å². The van der Waals surface area contributed by atoms with Gasteiger partial charge in [-0.25, -0.2) is 9.18 Å². The number of carbonyl (C=O) groups is 2. The van der Waals surface area contributed by atoms with Crippen molar-refractivity contribution in [3.63, 3.8) is 0 Å². The molecule has 19 heavy (non-hydrogen) atoms. The van der Waals surface area contributed by atoms with Crippen LogP contribution < -0.4 is 5.32 Å². The minimum atomic E-state index is -1.21. The monoisotopic (exact) mass is 287 g/mol. The fraction of sp³-hybridized carbons (Fsp3) is 0.333. The van der Waals surface area contributed by atoms with Crippen LogP contribution in [0.15, 0.2) is 29.2 Å². The molecule has 1 unspecified atom stereocenters. The summed E-state index contributed by atoms with van der Waals surface area (Å²) in [6, 6.07) is 4.89. The van der Waals surface area contributed by atoms with E-state index in [9.17, 15) is 14.0 Å². The van der Waals surface area contributed by atoms with Gasteiger partial charge in [-0.1, -0.05) is 12.1 Å². The number of hydrogen-bond acceptors (Lipinski definition) is 4. The van der Waals surface area contributed by atoms with Crippen LogP contribution in [0.25, 0.3) is 0 Å². The van der Waals surface area contributed by atoms with Crippen molar-refractivity contribution in [1.29, 1.82) is 0 Å². The summed E-state index contributed by atoms with van der Waals surface area (Å²) in [6.45, 7) is -0.336. The molecule has 0 heterocycles. The second-order valence-corrected chi connectivity index (χ2v) is 4.71. The molecule has 0 aromatic heterocycles. The smallest absolute Gasteiger partial charge is 0.326 e. The average molecular weight is 287 g/mol. The summed E-state index contributed by atoms with van der Waals surface area (Å²) in [5.74, 6) is -2.24. The molecule has 1 rings (SSSR count). The van der Waals surface area contributed by atoms with E-state index in [2.05, 4.69) is 5.32 Å². The highest BCUT2D eigenvalue weighted by molar-refractivity contribution is 8.00. The van der Waals surface area contributed by atoms with Gasteiger partial charge < -0.3 is 15.5 Å². The highest BCUT2D eigenvalue weighted by Gasteiger charge is 2.19. The van der Waals surface area contributed by atoms with Gasteiger partial charge in [-0.2, -0.15) is 0 Å². The van der Waals surface area contributed by atoms with Crippen LogP contribution in [-0.4, -0.2) is 40.5 Å². The first-order chi connectivity index (χ1) is 9.04. The Morgan fingerprint density at radius 1 is 1.37 bits per heavy atom. The average Bonchev–Trinajstić information content (AvgIpc) is 2.37. The van der Waals surface area contributed by atoms with Gasteiger partial charge >= 0.3 is 5.97 Å². The van der Waals surface area contributed by atoms with Gasteiger partial charge in [0.2, 0.25) is 5.91 Å². The fourth-order valence-electron chi connectivity index (χ4n) is 1.33. The standard InChI is InChI=1S/C12H14FNO4S/c13-8-3-1-2-4-10(8)19-7-11(16)14-9(5-6-15)12(17)18/h1-4,9,15H,5-7H2,(H,14,16)(H,17,18). The topological polar surface area (TPSA) is 86.6 Å². The lowest BCUT2D eigenvalue weighted by atomic mass is 10.2. The van der Waals surface area contributed by atoms with E-state index in [1.807, 2.05) is 0 Å². The Kier molecular flexibility index (Phi) is 6.31. The number of aliphatic hydroxyl groups is 1. The lowest BCUT2D eigenvalue weighted by Crippen LogP contribution is -2.42. The zero-order valence-corrected chi connectivity index (χ0v) is 10.8. The summed E-state index contributed by atoms with van der Waals surface area (Å²) in [4.78, 5) is 22.6. The quantitative estimate of drug-likeness (QED) is 0.648. The number of rotatable bonds is 7. The van der Waals surface area contributed by atoms with Crippen molar-refractivity contribution in [2.45, 2.75) is 17.4 Å². The van der Waals surface area contributed by atoms with Crippen LogP contribution in [0.3, 0.4) is 0 Å². The maximum atomic E-state index is 13.3. The summed E-state index contributed by atoms with van der Waals surface area (Å²) >= 11 is 0.984. The zero-order valence-electron chi connectivity index (χ0n) is 10.0. The SMILES string of the molecule is O=C(CSc1ccccc1F)NC(CCO)C(=O)O. The third kappa shape index (κ3) is 5.27. The summed E-state index contributed by atoms with van der Waals surface area (Å²) in [6.07, 6.45) is -0.0640. The number of aliphatic carboxylic acids is 1. The van der Waals surface area contributed by atoms with E-state index in [1.54, 1.807) is 12.1 Å². The van der Waals surface area contributed by atoms with Gasteiger partial charge in [0, 0.05) is 17.9 Å². The molecule has 0 saturated carbocycles. The largest absolute Gasteiger partial charge is 0.480 e. The lowest BCUT2D eigenvalue weighted by Gasteiger charge is -2.12. The highest BCUT2D eigenvalue weighted by Crippen LogP contribution is 2.20. The molecule has 1 aromatic carbocycles. The number of nitrogens with one attached hydrogen (secondary N) is 1. The molecule has 0 spiro atoms. The lowest BCUT2D eigenvalue weighted by molar-refractivity contribution is -0.141. The zero-order chi connectivity index (χ0) is 14.3. The fourth-order valence-corrected chi connectivity index (χ4v) is 2.08. The first-order valence-electron chi connectivity index (χ1n) is 5.55. The summed E-state index contributed by atoms with van der Waals surface area (Å²) in [5.41, 5.74) is 0. The predicted molar refractivity (Wildman–Crippen MR) is 68.4 cm³/mol. The molecule has 0 fully saturated rings. The van der Waals surface area contributed by atoms with Gasteiger partial charge in [0.1, 0.15) is 11.9 Å². The molecule has 0 aliphatic carbocycles. The molecular formula is C12H14FNO4S. The Labute approximate surface area is 113 Å². The van der Waals surface area contributed by atoms with Gasteiger partial charge in [-0.05, 0) is 12.1 Å². The van der Waals surface area contributed by atoms with Crippen LogP contribution >= 0.6 is 11.8 Å². The molecule has 0 aliphatic heterocycles. The Balaban J connectivity index is 2.47. The molecule has 1 aromatic rings. The van der Waals surface area contributed by atoms with E-state index in [4.69, 9.17) is 10.2 Å². The number of benzene rings is 1. The van der Waals surface area contributed by atoms with Crippen LogP contribution in [0.1, 0.15) is 6.42 Å². The number of carbonyl (C=O) groups excluding carboxylic acids is 1. The molecule has 3 N–H and O–H groups in total. The molecule has 5 nitrogen and oxygen atoms in total. The van der Waals surface area contributed by atoms with Crippen molar-refractivity contribution >= 4 is 23.6 Å². The van der Waals surface area contributed by atoms with Crippen molar-refractivity contribution in [2.24, 2.45) is 0 Å². The van der Waals surface area contributed by atoms with Crippen LogP contribution in [0.4, 0.5) is 4.39 Å². The third-order valence-electron chi connectivity index (χ3n) is 2.25. The van der Waals surface area contributed by atoms with Crippen molar-refractivity contribution in [3.05, 3.63) is 30.1 Å². The number of halogens is 1. The normalized spacial score (nSPS) is 11.9. The van der Waals surface area contributed by atoms with Gasteiger partial charge in [0.25, 0.3) is 0 Å². The van der Waals surface area contributed by atoms with Crippen molar-refractivity contribution < 1.29 is 24.2 Å². The Morgan fingerprint density at radius 3 is 2.63 bits per heavy atom. The van der Waals surface area contributed by atoms with Gasteiger partial charge in [0.15, 0.2) is 0 Å². The number of hydrogen-bond donors (Lipinski definition) is 3. The number of amides is 1. The predicted octanol–water partition coefficient (Wildman–Crippen LogP) is 0.870. The van der Waals surface area contributed by atoms with Gasteiger partial charge in [0.05, 0.1) is 5.75 Å². The van der Waals surface area contributed by atoms with Crippen molar-refractivity contribution in [2.75, 3.05) is 12.4 Å². The molecule has 0 bridgehead atoms. The minimum Gasteiger partial charge on any atom is -0.480 e. The van der Waals surface area contributed by atoms with E-state index < -0.39 is 23.7 Å². The van der Waals surface area contributed by atoms with Gasteiger partial charge in [-0.3, -0.25) is 4.79 Å². The molecule has 0 saturated heterocycles. The Bertz CT molecular complexity index is 455. The first-order valence-corrected chi connectivity index (χ1v) is 6.53. The second kappa shape index (κ2) is 7.75. The Hall–Kier alpha value is -1.60. The Morgan fingerprint density at radius 2 is 2.05 bits per heavy atom. The number of aliphatic hydroxyl groups excluding tert-OH is 1. The van der Waals surface area contributed by atoms with Crippen LogP contribution in [-0.2, 0) is 9.59 Å². The molecule has 1 amide bonds. The molecule has 1 atom stereocenters. The summed E-state index contributed by atoms with van der Waals surface area (Å²) in [5, 5.41) is 19.7. The van der Waals surface area contributed by atoms with Crippen LogP contribution in [0.2, 0.25) is 0 Å². The molecule has 0 aliphatic rings. The highest BCUT2D eigenvalue weighted by atomic mass is 32.2. The minimum absolute atomic E-state index is 0.0640. The number of thioether (sulfide) groups is 1. The number of carboxylic acids is 1. The maximum Gasteiger partial charge on any atom is 0.326 e. The van der Waals surface area contributed by atoms with E-state index >= 15 is 0 Å². The van der Waals surface area contributed by atoms with E-state index in [0.717, 1.165) is 11.8 Å². The summed E-state index contributed by atoms with van der Waals surface area (Å²) < 4.78 is 13.3. The van der Waals surface area contributed by atoms with E-state index in [-0.39, 0.29) is 18.8 Å². The summed E-state index contributed by atoms with van der Waals surface area (Å²) in [7, 11) is 0. The van der Waals surface area contributed by atoms with E-state index in [0.29, 0.717) is 4.90 Å². The molecular weight excluding hydrogens is 273 g/mol. The van der Waals surface area contributed by atoms with Crippen LogP contribution in [0, 0.1) is 5.82 Å². The molecule has 7 heteroatoms. The van der Waals surface area contributed by atoms with Crippen LogP contribution in [0.5, 0.6) is 0 Å². The first kappa shape index (κ1) is 15.5. The second-order valence-electron chi connectivity index (χ2n) is 3.69. The maximum absolute atomic E-state index is 13.3. The third-order valence-corrected chi connectivity index (χ3v) is 3.30. The van der Waals surface area contributed by atoms with E-state index in [1.165, 1.54) is 12.1 Å². The number of carboxylic acid groups (broad SMARTS) is 1. The molecule has 104 valence electrons.